The fourth-order valence-electron chi connectivity index (χ4n) is 13.3. The lowest BCUT2D eigenvalue weighted by Gasteiger charge is -2.21. The van der Waals surface area contributed by atoms with Crippen LogP contribution < -0.4 is 0 Å². The van der Waals surface area contributed by atoms with E-state index in [1.165, 1.54) is 257 Å². The van der Waals surface area contributed by atoms with Gasteiger partial charge in [0.2, 0.25) is 0 Å². The quantitative estimate of drug-likeness (QED) is 0.0222. The van der Waals surface area contributed by atoms with Gasteiger partial charge in [-0.2, -0.15) is 0 Å². The molecule has 3 N–H and O–H groups in total. The SMILES string of the molecule is CCCCCCCCCCCCCCC(=O)O[C@H](COC(=O)CCCCCCCCCC(C)C)COP(=O)(O)OC[C@H](O)COP(=O)(O)OC[C@@H](COC(=O)CCCCCCCCCCCCCCCCCCCCC(C)C)OC(=O)CCCCCCCCCCCCCCCCCCCCC(C)CC. The maximum Gasteiger partial charge on any atom is 0.472 e. The van der Waals surface area contributed by atoms with E-state index >= 15 is 0 Å². The Morgan fingerprint density at radius 3 is 0.724 bits per heavy atom. The lowest BCUT2D eigenvalue weighted by molar-refractivity contribution is -0.161. The van der Waals surface area contributed by atoms with E-state index < -0.39 is 97.5 Å². The van der Waals surface area contributed by atoms with Gasteiger partial charge in [0.25, 0.3) is 0 Å². The third-order valence-electron chi connectivity index (χ3n) is 20.5. The summed E-state index contributed by atoms with van der Waals surface area (Å²) in [5.74, 6) is 0.293. The minimum Gasteiger partial charge on any atom is -0.462 e. The summed E-state index contributed by atoms with van der Waals surface area (Å²) in [5, 5.41) is 10.7. The molecule has 624 valence electrons. The maximum absolute atomic E-state index is 13.1. The Balaban J connectivity index is 5.19. The van der Waals surface area contributed by atoms with E-state index in [1.807, 2.05) is 0 Å². The molecule has 3 unspecified atom stereocenters. The molecular formula is C86H168O17P2. The lowest BCUT2D eigenvalue weighted by atomic mass is 9.99. The first kappa shape index (κ1) is 103. The van der Waals surface area contributed by atoms with Crippen molar-refractivity contribution < 1.29 is 80.2 Å². The van der Waals surface area contributed by atoms with Gasteiger partial charge in [0.15, 0.2) is 12.2 Å². The molecule has 0 spiro atoms. The number of rotatable bonds is 84. The summed E-state index contributed by atoms with van der Waals surface area (Å²) < 4.78 is 68.8. The number of ether oxygens (including phenoxy) is 4. The normalized spacial score (nSPS) is 14.1. The fraction of sp³-hybridized carbons (Fsp3) is 0.953. The molecule has 0 bridgehead atoms. The van der Waals surface area contributed by atoms with Crippen LogP contribution in [0.3, 0.4) is 0 Å². The number of aliphatic hydroxyl groups is 1. The number of hydrogen-bond donors (Lipinski definition) is 3. The molecule has 0 rings (SSSR count). The number of phosphoric acid groups is 2. The molecule has 0 aromatic rings. The van der Waals surface area contributed by atoms with Crippen LogP contribution in [0, 0.1) is 17.8 Å². The van der Waals surface area contributed by atoms with Gasteiger partial charge in [0, 0.05) is 25.7 Å². The summed E-state index contributed by atoms with van der Waals surface area (Å²) >= 11 is 0. The van der Waals surface area contributed by atoms with Crippen LogP contribution in [0.5, 0.6) is 0 Å². The van der Waals surface area contributed by atoms with Crippen molar-refractivity contribution in [1.29, 1.82) is 0 Å². The number of unbranched alkanes of at least 4 members (excludes halogenated alkanes) is 51. The molecule has 0 saturated carbocycles. The van der Waals surface area contributed by atoms with Crippen molar-refractivity contribution in [3.8, 4) is 0 Å². The van der Waals surface area contributed by atoms with Crippen LogP contribution >= 0.6 is 15.6 Å². The largest absolute Gasteiger partial charge is 0.472 e. The smallest absolute Gasteiger partial charge is 0.462 e. The van der Waals surface area contributed by atoms with E-state index in [0.717, 1.165) is 108 Å². The molecule has 17 nitrogen and oxygen atoms in total. The highest BCUT2D eigenvalue weighted by atomic mass is 31.2. The minimum absolute atomic E-state index is 0.107. The molecule has 6 atom stereocenters. The highest BCUT2D eigenvalue weighted by molar-refractivity contribution is 7.47. The van der Waals surface area contributed by atoms with Crippen LogP contribution in [0.4, 0.5) is 0 Å². The van der Waals surface area contributed by atoms with Gasteiger partial charge in [-0.05, 0) is 43.4 Å². The third kappa shape index (κ3) is 78.5. The van der Waals surface area contributed by atoms with E-state index in [9.17, 15) is 43.2 Å². The van der Waals surface area contributed by atoms with Crippen LogP contribution in [-0.2, 0) is 65.4 Å². The van der Waals surface area contributed by atoms with E-state index in [4.69, 9.17) is 37.0 Å². The van der Waals surface area contributed by atoms with Gasteiger partial charge in [-0.3, -0.25) is 37.3 Å². The number of esters is 4. The van der Waals surface area contributed by atoms with Gasteiger partial charge >= 0.3 is 39.5 Å². The summed E-state index contributed by atoms with van der Waals surface area (Å²) in [6, 6.07) is 0. The zero-order valence-corrected chi connectivity index (χ0v) is 71.0. The predicted octanol–water partition coefficient (Wildman–Crippen LogP) is 26.1. The van der Waals surface area contributed by atoms with Crippen molar-refractivity contribution >= 4 is 39.5 Å². The molecule has 0 heterocycles. The Morgan fingerprint density at radius 2 is 0.486 bits per heavy atom. The van der Waals surface area contributed by atoms with E-state index in [2.05, 4.69) is 48.5 Å². The summed E-state index contributed by atoms with van der Waals surface area (Å²) in [4.78, 5) is 73.1. The molecular weight excluding hydrogens is 1370 g/mol. The first-order valence-electron chi connectivity index (χ1n) is 44.4. The van der Waals surface area contributed by atoms with Crippen LogP contribution in [0.1, 0.15) is 453 Å². The molecule has 0 fully saturated rings. The van der Waals surface area contributed by atoms with Gasteiger partial charge in [-0.1, -0.05) is 402 Å². The fourth-order valence-corrected chi connectivity index (χ4v) is 14.9. The molecule has 0 saturated heterocycles. The molecule has 0 aliphatic rings. The van der Waals surface area contributed by atoms with Crippen LogP contribution in [-0.4, -0.2) is 96.7 Å². The summed E-state index contributed by atoms with van der Waals surface area (Å²) in [6.45, 7) is 12.0. The summed E-state index contributed by atoms with van der Waals surface area (Å²) in [5.41, 5.74) is 0. The zero-order chi connectivity index (χ0) is 77.2. The molecule has 0 aromatic heterocycles. The third-order valence-corrected chi connectivity index (χ3v) is 22.4. The maximum atomic E-state index is 13.1. The van der Waals surface area contributed by atoms with Crippen molar-refractivity contribution in [2.24, 2.45) is 17.8 Å². The highest BCUT2D eigenvalue weighted by Crippen LogP contribution is 2.45. The average Bonchev–Trinajstić information content (AvgIpc) is 0.911. The van der Waals surface area contributed by atoms with Crippen molar-refractivity contribution in [2.45, 2.75) is 471 Å². The van der Waals surface area contributed by atoms with Crippen molar-refractivity contribution in [3.63, 3.8) is 0 Å². The second-order valence-corrected chi connectivity index (χ2v) is 35.0. The topological polar surface area (TPSA) is 237 Å². The van der Waals surface area contributed by atoms with Gasteiger partial charge in [-0.25, -0.2) is 9.13 Å². The van der Waals surface area contributed by atoms with Crippen molar-refractivity contribution in [2.75, 3.05) is 39.6 Å². The van der Waals surface area contributed by atoms with Crippen molar-refractivity contribution in [3.05, 3.63) is 0 Å². The number of carbonyl (C=O) groups is 4. The predicted molar refractivity (Wildman–Crippen MR) is 432 cm³/mol. The van der Waals surface area contributed by atoms with Crippen LogP contribution in [0.15, 0.2) is 0 Å². The Labute approximate surface area is 645 Å². The summed E-state index contributed by atoms with van der Waals surface area (Å²) in [7, 11) is -9.92. The van der Waals surface area contributed by atoms with E-state index in [-0.39, 0.29) is 25.7 Å². The van der Waals surface area contributed by atoms with Gasteiger partial charge in [-0.15, -0.1) is 0 Å². The van der Waals surface area contributed by atoms with Gasteiger partial charge in [0.05, 0.1) is 26.4 Å². The van der Waals surface area contributed by atoms with Gasteiger partial charge in [0.1, 0.15) is 19.3 Å². The Morgan fingerprint density at radius 1 is 0.276 bits per heavy atom. The second-order valence-electron chi connectivity index (χ2n) is 32.1. The lowest BCUT2D eigenvalue weighted by Crippen LogP contribution is -2.30. The number of aliphatic hydroxyl groups excluding tert-OH is 1. The Hall–Kier alpha value is -1.94. The van der Waals surface area contributed by atoms with Crippen LogP contribution in [0.25, 0.3) is 0 Å². The molecule has 105 heavy (non-hydrogen) atoms. The molecule has 0 radical (unpaired) electrons. The zero-order valence-electron chi connectivity index (χ0n) is 69.2. The van der Waals surface area contributed by atoms with E-state index in [0.29, 0.717) is 31.6 Å². The number of carbonyl (C=O) groups excluding carboxylic acids is 4. The molecule has 0 aliphatic carbocycles. The van der Waals surface area contributed by atoms with Crippen LogP contribution in [0.2, 0.25) is 0 Å². The first-order chi connectivity index (χ1) is 50.8. The van der Waals surface area contributed by atoms with Gasteiger partial charge < -0.3 is 33.8 Å². The van der Waals surface area contributed by atoms with E-state index in [1.54, 1.807) is 0 Å². The average molecular weight is 1540 g/mol. The van der Waals surface area contributed by atoms with Crippen molar-refractivity contribution in [1.82, 2.24) is 0 Å². The number of phosphoric ester groups is 2. The standard InChI is InChI=1S/C86H168O17P2/c1-8-10-11-12-13-14-15-34-40-47-55-62-69-85(90)103-82(74-97-84(89)68-61-54-49-42-44-51-58-65-78(5)6)76-101-105(94,95)99-72-80(87)71-98-104(92,93)100-75-81(73-96-83(88)67-60-53-46-39-35-30-26-22-18-16-20-24-28-32-37-43-50-57-64-77(3)4)102-86(91)70-63-56-48-41-36-31-27-23-19-17-21-25-29-33-38-45-52-59-66-79(7)9-2/h77-82,87H,8-76H2,1-7H3,(H,92,93)(H,94,95)/t79?,80-,81-,82-/m1/s1. The summed E-state index contributed by atoms with van der Waals surface area (Å²) in [6.07, 6.45) is 66.8. The molecule has 19 heteroatoms. The first-order valence-corrected chi connectivity index (χ1v) is 47.4. The number of hydrogen-bond acceptors (Lipinski definition) is 15. The minimum atomic E-state index is -4.97. The Kier molecular flexibility index (Phi) is 74.7. The second kappa shape index (κ2) is 76.1. The molecule has 0 amide bonds. The molecule has 0 aromatic carbocycles. The highest BCUT2D eigenvalue weighted by Gasteiger charge is 2.30. The molecule has 0 aliphatic heterocycles. The Bertz CT molecular complexity index is 2030. The monoisotopic (exact) mass is 1540 g/mol.